The van der Waals surface area contributed by atoms with Crippen LogP contribution in [0.5, 0.6) is 5.75 Å². The maximum absolute atomic E-state index is 13.2. The minimum absolute atomic E-state index is 0.000787. The lowest BCUT2D eigenvalue weighted by Crippen LogP contribution is -2.45. The monoisotopic (exact) mass is 433 g/mol. The molecule has 8 heteroatoms. The van der Waals surface area contributed by atoms with E-state index in [4.69, 9.17) is 14.5 Å². The topological polar surface area (TPSA) is 82.7 Å². The summed E-state index contributed by atoms with van der Waals surface area (Å²) in [4.78, 5) is 18.1. The number of aromatic nitrogens is 4. The van der Waals surface area contributed by atoms with Crippen molar-refractivity contribution in [3.05, 3.63) is 42.0 Å². The van der Waals surface area contributed by atoms with Crippen LogP contribution in [0.2, 0.25) is 0 Å². The third kappa shape index (κ3) is 2.75. The average Bonchev–Trinajstić information content (AvgIpc) is 3.00. The molecule has 2 saturated heterocycles. The van der Waals surface area contributed by atoms with Gasteiger partial charge in [0.2, 0.25) is 0 Å². The maximum atomic E-state index is 13.2. The van der Waals surface area contributed by atoms with Gasteiger partial charge in [0.25, 0.3) is 5.91 Å². The van der Waals surface area contributed by atoms with Gasteiger partial charge in [-0.2, -0.15) is 5.10 Å². The summed E-state index contributed by atoms with van der Waals surface area (Å²) in [6, 6.07) is 3.70. The van der Waals surface area contributed by atoms with Crippen LogP contribution in [0.15, 0.2) is 30.7 Å². The molecule has 3 aromatic heterocycles. The summed E-state index contributed by atoms with van der Waals surface area (Å²) in [6.45, 7) is 2.89. The number of nitrogens with one attached hydrogen (secondary N) is 1. The molecule has 0 atom stereocenters. The summed E-state index contributed by atoms with van der Waals surface area (Å²) in [5.41, 5.74) is 2.89. The van der Waals surface area contributed by atoms with E-state index >= 15 is 0 Å². The van der Waals surface area contributed by atoms with Gasteiger partial charge < -0.3 is 19.2 Å². The van der Waals surface area contributed by atoms with E-state index in [1.165, 1.54) is 12.8 Å². The molecule has 1 N–H and O–H groups in total. The van der Waals surface area contributed by atoms with Crippen LogP contribution in [0.1, 0.15) is 61.5 Å². The third-order valence-electron chi connectivity index (χ3n) is 7.99. The van der Waals surface area contributed by atoms with Crippen molar-refractivity contribution < 1.29 is 14.3 Å². The van der Waals surface area contributed by atoms with E-state index in [0.29, 0.717) is 29.2 Å². The number of carbonyl (C=O) groups is 1. The van der Waals surface area contributed by atoms with Crippen LogP contribution in [-0.4, -0.2) is 43.4 Å². The SMILES string of the molecule is Cn1ccc(NC(=O)c2cn3cc(C45COC(C)(C4)C5)nc3cc2OC2CC3(CC3)C2)n1. The molecule has 1 spiro atoms. The van der Waals surface area contributed by atoms with Crippen LogP contribution in [-0.2, 0) is 17.2 Å². The highest BCUT2D eigenvalue weighted by molar-refractivity contribution is 6.05. The average molecular weight is 434 g/mol. The van der Waals surface area contributed by atoms with E-state index in [9.17, 15) is 4.79 Å². The number of anilines is 1. The molecule has 8 rings (SSSR count). The molecule has 3 aliphatic carbocycles. The molecule has 0 aromatic carbocycles. The van der Waals surface area contributed by atoms with Crippen LogP contribution in [0.25, 0.3) is 5.65 Å². The van der Waals surface area contributed by atoms with Gasteiger partial charge in [-0.3, -0.25) is 9.48 Å². The fourth-order valence-corrected chi connectivity index (χ4v) is 6.11. The first-order valence-corrected chi connectivity index (χ1v) is 11.5. The minimum atomic E-state index is -0.227. The van der Waals surface area contributed by atoms with E-state index in [-0.39, 0.29) is 23.0 Å². The molecule has 5 fully saturated rings. The lowest BCUT2D eigenvalue weighted by atomic mass is 9.62. The summed E-state index contributed by atoms with van der Waals surface area (Å²) in [5, 5.41) is 7.17. The highest BCUT2D eigenvalue weighted by atomic mass is 16.5. The Morgan fingerprint density at radius 3 is 2.75 bits per heavy atom. The first kappa shape index (κ1) is 18.7. The second-order valence-corrected chi connectivity index (χ2v) is 10.8. The number of nitrogens with zero attached hydrogens (tertiary/aromatic N) is 4. The van der Waals surface area contributed by atoms with Crippen molar-refractivity contribution in [3.8, 4) is 5.75 Å². The minimum Gasteiger partial charge on any atom is -0.489 e. The molecule has 8 nitrogen and oxygen atoms in total. The van der Waals surface area contributed by atoms with Crippen molar-refractivity contribution in [3.63, 3.8) is 0 Å². The molecule has 2 aliphatic heterocycles. The summed E-state index contributed by atoms with van der Waals surface area (Å²) < 4.78 is 15.9. The zero-order chi connectivity index (χ0) is 21.7. The number of ether oxygens (including phenoxy) is 2. The highest BCUT2D eigenvalue weighted by Gasteiger charge is 2.61. The Balaban J connectivity index is 1.23. The van der Waals surface area contributed by atoms with Gasteiger partial charge in [0, 0.05) is 43.2 Å². The largest absolute Gasteiger partial charge is 0.489 e. The van der Waals surface area contributed by atoms with Gasteiger partial charge in [-0.25, -0.2) is 4.98 Å². The van der Waals surface area contributed by atoms with Gasteiger partial charge in [0.1, 0.15) is 11.4 Å². The van der Waals surface area contributed by atoms with E-state index in [1.54, 1.807) is 16.9 Å². The number of hydrogen-bond donors (Lipinski definition) is 1. The Hall–Kier alpha value is -2.87. The summed E-state index contributed by atoms with van der Waals surface area (Å²) in [7, 11) is 1.82. The van der Waals surface area contributed by atoms with Gasteiger partial charge >= 0.3 is 0 Å². The molecule has 166 valence electrons. The maximum Gasteiger partial charge on any atom is 0.262 e. The van der Waals surface area contributed by atoms with Gasteiger partial charge in [-0.15, -0.1) is 0 Å². The molecule has 3 aromatic rings. The van der Waals surface area contributed by atoms with Crippen LogP contribution >= 0.6 is 0 Å². The lowest BCUT2D eigenvalue weighted by Gasteiger charge is -2.41. The number of aryl methyl sites for hydroxylation is 1. The van der Waals surface area contributed by atoms with Gasteiger partial charge in [-0.1, -0.05) is 0 Å². The molecular weight excluding hydrogens is 406 g/mol. The summed E-state index contributed by atoms with van der Waals surface area (Å²) >= 11 is 0. The zero-order valence-electron chi connectivity index (χ0n) is 18.4. The summed E-state index contributed by atoms with van der Waals surface area (Å²) in [5.74, 6) is 0.892. The van der Waals surface area contributed by atoms with Crippen molar-refractivity contribution in [1.29, 1.82) is 0 Å². The standard InChI is InChI=1S/C24H27N5O3/c1-22-12-24(13-22,14-31-22)18-11-29-10-16(21(30)26-19-3-6-28(2)27-19)17(7-20(29)25-18)32-15-8-23(9-15)4-5-23/h3,6-7,10-11,15H,4-5,8-9,12-14H2,1-2H3,(H,26,27,30). The Kier molecular flexibility index (Phi) is 3.46. The second kappa shape index (κ2) is 5.92. The normalized spacial score (nSPS) is 29.7. The molecule has 5 heterocycles. The summed E-state index contributed by atoms with van der Waals surface area (Å²) in [6.07, 6.45) is 12.7. The first-order chi connectivity index (χ1) is 15.3. The fourth-order valence-electron chi connectivity index (χ4n) is 6.11. The Labute approximate surface area is 185 Å². The van der Waals surface area contributed by atoms with Gasteiger partial charge in [0.05, 0.1) is 29.6 Å². The van der Waals surface area contributed by atoms with Crippen molar-refractivity contribution in [2.75, 3.05) is 11.9 Å². The van der Waals surface area contributed by atoms with Crippen molar-refractivity contribution >= 4 is 17.4 Å². The van der Waals surface area contributed by atoms with Crippen molar-refractivity contribution in [2.45, 2.75) is 62.6 Å². The first-order valence-electron chi connectivity index (χ1n) is 11.5. The Bertz CT molecular complexity index is 1260. The number of amides is 1. The highest BCUT2D eigenvalue weighted by Crippen LogP contribution is 2.61. The molecule has 3 saturated carbocycles. The number of carbonyl (C=O) groups excluding carboxylic acids is 1. The number of hydrogen-bond acceptors (Lipinski definition) is 5. The van der Waals surface area contributed by atoms with Crippen LogP contribution in [0.4, 0.5) is 5.82 Å². The molecule has 2 bridgehead atoms. The molecule has 0 radical (unpaired) electrons. The molecule has 5 aliphatic rings. The Morgan fingerprint density at radius 2 is 2.09 bits per heavy atom. The van der Waals surface area contributed by atoms with E-state index in [2.05, 4.69) is 17.3 Å². The molecular formula is C24H27N5O3. The van der Waals surface area contributed by atoms with Crippen LogP contribution in [0, 0.1) is 5.41 Å². The van der Waals surface area contributed by atoms with E-state index in [0.717, 1.165) is 37.0 Å². The fraction of sp³-hybridized carbons (Fsp3) is 0.542. The quantitative estimate of drug-likeness (QED) is 0.666. The van der Waals surface area contributed by atoms with Gasteiger partial charge in [0.15, 0.2) is 5.82 Å². The lowest BCUT2D eigenvalue weighted by molar-refractivity contribution is 0.0154. The molecule has 1 amide bonds. The van der Waals surface area contributed by atoms with E-state index in [1.807, 2.05) is 29.9 Å². The smallest absolute Gasteiger partial charge is 0.262 e. The van der Waals surface area contributed by atoms with E-state index < -0.39 is 0 Å². The predicted molar refractivity (Wildman–Crippen MR) is 117 cm³/mol. The molecule has 32 heavy (non-hydrogen) atoms. The molecule has 0 unspecified atom stereocenters. The van der Waals surface area contributed by atoms with Crippen molar-refractivity contribution in [1.82, 2.24) is 19.2 Å². The van der Waals surface area contributed by atoms with Crippen molar-refractivity contribution in [2.24, 2.45) is 12.5 Å². The number of rotatable bonds is 5. The Morgan fingerprint density at radius 1 is 1.28 bits per heavy atom. The van der Waals surface area contributed by atoms with Gasteiger partial charge in [-0.05, 0) is 50.9 Å². The number of pyridine rings is 1. The second-order valence-electron chi connectivity index (χ2n) is 10.8. The number of fused-ring (bicyclic) bond motifs is 2. The third-order valence-corrected chi connectivity index (χ3v) is 7.99. The van der Waals surface area contributed by atoms with Crippen LogP contribution in [0.3, 0.4) is 0 Å². The predicted octanol–water partition coefficient (Wildman–Crippen LogP) is 3.46. The zero-order valence-corrected chi connectivity index (χ0v) is 18.4. The number of imidazole rings is 1. The van der Waals surface area contributed by atoms with Crippen LogP contribution < -0.4 is 10.1 Å².